The topological polar surface area (TPSA) is 32.3 Å². The van der Waals surface area contributed by atoms with E-state index in [4.69, 9.17) is 11.6 Å². The van der Waals surface area contributed by atoms with Gasteiger partial charge in [0.1, 0.15) is 5.82 Å². The van der Waals surface area contributed by atoms with Crippen molar-refractivity contribution in [3.8, 4) is 0 Å². The third-order valence-electron chi connectivity index (χ3n) is 5.56. The molecule has 3 rings (SSSR count). The molecule has 0 radical (unpaired) electrons. The highest BCUT2D eigenvalue weighted by Crippen LogP contribution is 2.24. The van der Waals surface area contributed by atoms with E-state index < -0.39 is 5.82 Å². The number of nitrogens with zero attached hydrogens (tertiary/aromatic N) is 1. The van der Waals surface area contributed by atoms with Crippen LogP contribution in [0.2, 0.25) is 5.02 Å². The van der Waals surface area contributed by atoms with Gasteiger partial charge in [0.15, 0.2) is 0 Å². The summed E-state index contributed by atoms with van der Waals surface area (Å²) in [7, 11) is 1.81. The van der Waals surface area contributed by atoms with Crippen molar-refractivity contribution in [1.29, 1.82) is 0 Å². The number of carbonyl (C=O) groups excluding carboxylic acids is 1. The van der Waals surface area contributed by atoms with E-state index in [2.05, 4.69) is 50.4 Å². The first-order chi connectivity index (χ1) is 15.2. The van der Waals surface area contributed by atoms with Crippen LogP contribution in [-0.4, -0.2) is 24.4 Å². The minimum Gasteiger partial charge on any atom is -0.387 e. The van der Waals surface area contributed by atoms with Crippen LogP contribution in [0.3, 0.4) is 0 Å². The van der Waals surface area contributed by atoms with Crippen LogP contribution in [0.5, 0.6) is 0 Å². The van der Waals surface area contributed by atoms with E-state index in [9.17, 15) is 9.18 Å². The van der Waals surface area contributed by atoms with Crippen molar-refractivity contribution in [3.63, 3.8) is 0 Å². The van der Waals surface area contributed by atoms with Gasteiger partial charge >= 0.3 is 0 Å². The fourth-order valence-electron chi connectivity index (χ4n) is 3.60. The summed E-state index contributed by atoms with van der Waals surface area (Å²) in [6.45, 7) is 7.51. The number of hydrogen-bond acceptors (Lipinski definition) is 2. The maximum atomic E-state index is 13.5. The summed E-state index contributed by atoms with van der Waals surface area (Å²) in [5.74, 6) is -0.492. The minimum atomic E-state index is -0.440. The van der Waals surface area contributed by atoms with E-state index in [1.807, 2.05) is 36.2 Å². The minimum absolute atomic E-state index is 0.0527. The molecule has 0 aromatic heterocycles. The van der Waals surface area contributed by atoms with Gasteiger partial charge in [0.2, 0.25) is 0 Å². The highest BCUT2D eigenvalue weighted by molar-refractivity contribution is 6.30. The monoisotopic (exact) mass is 452 g/mol. The maximum Gasteiger partial charge on any atom is 0.256 e. The SMILES string of the molecule is CNc1ccccc1C(=O)N(CCc1ccc(F)c(Cl)c1)Cc1ccc(C(C)(C)C)cc1. The molecule has 3 nitrogen and oxygen atoms in total. The summed E-state index contributed by atoms with van der Waals surface area (Å²) in [5.41, 5.74) is 4.68. The first kappa shape index (κ1) is 23.8. The standard InChI is InChI=1S/C27H30ClFN2O/c1-27(2,3)21-12-9-20(10-13-21)18-31(16-15-19-11-14-24(29)23(28)17-19)26(32)22-7-5-6-8-25(22)30-4/h5-14,17,30H,15-16,18H2,1-4H3. The molecule has 1 N–H and O–H groups in total. The molecule has 32 heavy (non-hydrogen) atoms. The van der Waals surface area contributed by atoms with Crippen molar-refractivity contribution in [2.75, 3.05) is 18.9 Å². The number of para-hydroxylation sites is 1. The third kappa shape index (κ3) is 5.89. The van der Waals surface area contributed by atoms with Gasteiger partial charge in [-0.05, 0) is 52.8 Å². The van der Waals surface area contributed by atoms with Crippen LogP contribution in [0.15, 0.2) is 66.7 Å². The number of nitrogens with one attached hydrogen (secondary N) is 1. The number of amides is 1. The molecule has 0 spiro atoms. The van der Waals surface area contributed by atoms with Gasteiger partial charge in [-0.2, -0.15) is 0 Å². The van der Waals surface area contributed by atoms with Gasteiger partial charge in [-0.15, -0.1) is 0 Å². The molecule has 0 unspecified atom stereocenters. The Morgan fingerprint density at radius 3 is 2.28 bits per heavy atom. The Morgan fingerprint density at radius 2 is 1.66 bits per heavy atom. The van der Waals surface area contributed by atoms with Crippen LogP contribution in [0.1, 0.15) is 47.8 Å². The average Bonchev–Trinajstić information content (AvgIpc) is 2.78. The highest BCUT2D eigenvalue weighted by Gasteiger charge is 2.20. The third-order valence-corrected chi connectivity index (χ3v) is 5.85. The molecule has 0 saturated heterocycles. The highest BCUT2D eigenvalue weighted by atomic mass is 35.5. The number of benzene rings is 3. The van der Waals surface area contributed by atoms with E-state index in [-0.39, 0.29) is 16.3 Å². The Bertz CT molecular complexity index is 1070. The molecule has 1 amide bonds. The summed E-state index contributed by atoms with van der Waals surface area (Å²) < 4.78 is 13.5. The lowest BCUT2D eigenvalue weighted by Gasteiger charge is -2.25. The zero-order chi connectivity index (χ0) is 23.3. The first-order valence-corrected chi connectivity index (χ1v) is 11.2. The Labute approximate surface area is 195 Å². The van der Waals surface area contributed by atoms with Gasteiger partial charge < -0.3 is 10.2 Å². The van der Waals surface area contributed by atoms with Crippen LogP contribution in [0.4, 0.5) is 10.1 Å². The average molecular weight is 453 g/mol. The van der Waals surface area contributed by atoms with Gasteiger partial charge in [0.25, 0.3) is 5.91 Å². The quantitative estimate of drug-likeness (QED) is 0.432. The van der Waals surface area contributed by atoms with Gasteiger partial charge in [0.05, 0.1) is 10.6 Å². The smallest absolute Gasteiger partial charge is 0.256 e. The van der Waals surface area contributed by atoms with Gasteiger partial charge in [-0.25, -0.2) is 4.39 Å². The van der Waals surface area contributed by atoms with Crippen LogP contribution < -0.4 is 5.32 Å². The number of halogens is 2. The Morgan fingerprint density at radius 1 is 1.00 bits per heavy atom. The Kier molecular flexibility index (Phi) is 7.57. The molecule has 0 bridgehead atoms. The summed E-state index contributed by atoms with van der Waals surface area (Å²) in [4.78, 5) is 15.3. The molecule has 3 aromatic carbocycles. The van der Waals surface area contributed by atoms with Crippen molar-refractivity contribution in [2.24, 2.45) is 0 Å². The summed E-state index contributed by atoms with van der Waals surface area (Å²) >= 11 is 5.94. The Hall–Kier alpha value is -2.85. The van der Waals surface area contributed by atoms with Crippen molar-refractivity contribution in [1.82, 2.24) is 4.90 Å². The van der Waals surface area contributed by atoms with Gasteiger partial charge in [-0.3, -0.25) is 4.79 Å². The molecule has 0 aliphatic rings. The molecular formula is C27H30ClFN2O. The summed E-state index contributed by atoms with van der Waals surface area (Å²) in [6.07, 6.45) is 0.577. The number of carbonyl (C=O) groups is 1. The predicted molar refractivity (Wildman–Crippen MR) is 131 cm³/mol. The van der Waals surface area contributed by atoms with Crippen molar-refractivity contribution < 1.29 is 9.18 Å². The van der Waals surface area contributed by atoms with Crippen LogP contribution in [-0.2, 0) is 18.4 Å². The summed E-state index contributed by atoms with van der Waals surface area (Å²) in [5, 5.41) is 3.20. The number of rotatable bonds is 7. The van der Waals surface area contributed by atoms with Crippen LogP contribution in [0, 0.1) is 5.82 Å². The molecule has 168 valence electrons. The number of anilines is 1. The molecule has 0 aliphatic heterocycles. The van der Waals surface area contributed by atoms with E-state index in [1.54, 1.807) is 12.1 Å². The zero-order valence-corrected chi connectivity index (χ0v) is 19.8. The number of hydrogen-bond donors (Lipinski definition) is 1. The summed E-state index contributed by atoms with van der Waals surface area (Å²) in [6, 6.07) is 20.6. The molecule has 0 heterocycles. The molecule has 5 heteroatoms. The van der Waals surface area contributed by atoms with E-state index in [0.29, 0.717) is 25.1 Å². The molecular weight excluding hydrogens is 423 g/mol. The van der Waals surface area contributed by atoms with Crippen LogP contribution >= 0.6 is 11.6 Å². The lowest BCUT2D eigenvalue weighted by Crippen LogP contribution is -2.33. The maximum absolute atomic E-state index is 13.5. The molecule has 0 saturated carbocycles. The van der Waals surface area contributed by atoms with Gasteiger partial charge in [0, 0.05) is 25.8 Å². The molecule has 3 aromatic rings. The molecule has 0 atom stereocenters. The lowest BCUT2D eigenvalue weighted by atomic mass is 9.87. The van der Waals surface area contributed by atoms with E-state index in [0.717, 1.165) is 16.8 Å². The zero-order valence-electron chi connectivity index (χ0n) is 19.1. The predicted octanol–water partition coefficient (Wildman–Crippen LogP) is 6.70. The van der Waals surface area contributed by atoms with E-state index in [1.165, 1.54) is 11.6 Å². The lowest BCUT2D eigenvalue weighted by molar-refractivity contribution is 0.0746. The van der Waals surface area contributed by atoms with Crippen molar-refractivity contribution >= 4 is 23.2 Å². The fourth-order valence-corrected chi connectivity index (χ4v) is 3.80. The van der Waals surface area contributed by atoms with Gasteiger partial charge in [-0.1, -0.05) is 74.8 Å². The van der Waals surface area contributed by atoms with Crippen molar-refractivity contribution in [3.05, 3.63) is 99.8 Å². The van der Waals surface area contributed by atoms with Crippen LogP contribution in [0.25, 0.3) is 0 Å². The second-order valence-corrected chi connectivity index (χ2v) is 9.37. The fraction of sp³-hybridized carbons (Fsp3) is 0.296. The normalized spacial score (nSPS) is 11.3. The van der Waals surface area contributed by atoms with E-state index >= 15 is 0 Å². The molecule has 0 aliphatic carbocycles. The molecule has 0 fully saturated rings. The largest absolute Gasteiger partial charge is 0.387 e. The van der Waals surface area contributed by atoms with Crippen molar-refractivity contribution in [2.45, 2.75) is 39.2 Å². The second kappa shape index (κ2) is 10.2. The Balaban J connectivity index is 1.86. The second-order valence-electron chi connectivity index (χ2n) is 8.97. The first-order valence-electron chi connectivity index (χ1n) is 10.8.